The number of hydrogen-bond acceptors (Lipinski definition) is 5. The molecule has 0 N–H and O–H groups in total. The molecule has 0 aliphatic carbocycles. The number of hydrogen-bond donors (Lipinski definition) is 0. The van der Waals surface area contributed by atoms with E-state index in [2.05, 4.69) is 9.97 Å². The van der Waals surface area contributed by atoms with Gasteiger partial charge in [0.05, 0.1) is 0 Å². The minimum atomic E-state index is -0.510. The van der Waals surface area contributed by atoms with Crippen LogP contribution in [0.1, 0.15) is 40.0 Å². The number of aryl methyl sites for hydroxylation is 2. The van der Waals surface area contributed by atoms with E-state index in [0.717, 1.165) is 28.2 Å². The van der Waals surface area contributed by atoms with Crippen LogP contribution >= 0.6 is 0 Å². The zero-order valence-electron chi connectivity index (χ0n) is 14.8. The molecule has 25 heavy (non-hydrogen) atoms. The average molecular weight is 343 g/mol. The molecule has 1 amide bonds. The highest BCUT2D eigenvalue weighted by molar-refractivity contribution is 5.92. The fourth-order valence-electron chi connectivity index (χ4n) is 3.19. The van der Waals surface area contributed by atoms with Crippen LogP contribution in [0.15, 0.2) is 21.7 Å². The molecule has 3 rings (SSSR count). The van der Waals surface area contributed by atoms with Crippen molar-refractivity contribution in [2.75, 3.05) is 13.1 Å². The monoisotopic (exact) mass is 343 g/mol. The molecule has 132 valence electrons. The third-order valence-electron chi connectivity index (χ3n) is 4.59. The number of likely N-dealkylation sites (tertiary alicyclic amines) is 1. The standard InChI is InChI=1S/C17H21N5O3/c1-10-7-11(2)19-15(18-10)12-5-6-22(9-12)16(24)13-8-14(23)21(4)17(25)20(13)3/h7-8,12H,5-6,9H2,1-4H3. The predicted molar refractivity (Wildman–Crippen MR) is 91.7 cm³/mol. The summed E-state index contributed by atoms with van der Waals surface area (Å²) in [7, 11) is 2.89. The second-order valence-corrected chi connectivity index (χ2v) is 6.51. The average Bonchev–Trinajstić information content (AvgIpc) is 3.05. The maximum absolute atomic E-state index is 12.8. The summed E-state index contributed by atoms with van der Waals surface area (Å²) in [4.78, 5) is 47.3. The molecule has 8 nitrogen and oxygen atoms in total. The summed E-state index contributed by atoms with van der Waals surface area (Å²) in [5.41, 5.74) is 0.918. The van der Waals surface area contributed by atoms with E-state index in [4.69, 9.17) is 0 Å². The molecule has 1 unspecified atom stereocenters. The second kappa shape index (κ2) is 6.27. The molecule has 1 aliphatic heterocycles. The number of amides is 1. The van der Waals surface area contributed by atoms with Crippen molar-refractivity contribution < 1.29 is 4.79 Å². The summed E-state index contributed by atoms with van der Waals surface area (Å²) in [5.74, 6) is 0.487. The van der Waals surface area contributed by atoms with Gasteiger partial charge in [-0.25, -0.2) is 14.8 Å². The van der Waals surface area contributed by atoms with Crippen LogP contribution in [0, 0.1) is 13.8 Å². The molecule has 1 atom stereocenters. The summed E-state index contributed by atoms with van der Waals surface area (Å²) >= 11 is 0. The van der Waals surface area contributed by atoms with Gasteiger partial charge in [-0.15, -0.1) is 0 Å². The van der Waals surface area contributed by atoms with Crippen molar-refractivity contribution in [3.05, 3.63) is 55.9 Å². The van der Waals surface area contributed by atoms with Crippen LogP contribution in [0.25, 0.3) is 0 Å². The van der Waals surface area contributed by atoms with Crippen LogP contribution < -0.4 is 11.2 Å². The minimum absolute atomic E-state index is 0.0612. The Morgan fingerprint density at radius 2 is 1.72 bits per heavy atom. The van der Waals surface area contributed by atoms with Gasteiger partial charge < -0.3 is 4.90 Å². The number of rotatable bonds is 2. The maximum Gasteiger partial charge on any atom is 0.331 e. The highest BCUT2D eigenvalue weighted by Gasteiger charge is 2.31. The smallest absolute Gasteiger partial charge is 0.331 e. The van der Waals surface area contributed by atoms with Gasteiger partial charge in [-0.1, -0.05) is 0 Å². The summed E-state index contributed by atoms with van der Waals surface area (Å²) in [6, 6.07) is 3.13. The summed E-state index contributed by atoms with van der Waals surface area (Å²) in [6.45, 7) is 4.87. The van der Waals surface area contributed by atoms with Gasteiger partial charge in [-0.2, -0.15) is 0 Å². The topological polar surface area (TPSA) is 90.1 Å². The Balaban J connectivity index is 1.86. The van der Waals surface area contributed by atoms with Crippen LogP contribution in [0.5, 0.6) is 0 Å². The van der Waals surface area contributed by atoms with Gasteiger partial charge in [0.25, 0.3) is 11.5 Å². The molecule has 0 spiro atoms. The zero-order chi connectivity index (χ0) is 18.3. The Morgan fingerprint density at radius 1 is 1.08 bits per heavy atom. The van der Waals surface area contributed by atoms with Gasteiger partial charge in [0.15, 0.2) is 0 Å². The molecule has 1 aliphatic rings. The van der Waals surface area contributed by atoms with E-state index >= 15 is 0 Å². The Hall–Kier alpha value is -2.77. The zero-order valence-corrected chi connectivity index (χ0v) is 14.8. The Morgan fingerprint density at radius 3 is 2.36 bits per heavy atom. The van der Waals surface area contributed by atoms with Gasteiger partial charge >= 0.3 is 5.69 Å². The molecule has 0 radical (unpaired) electrons. The van der Waals surface area contributed by atoms with Crippen LogP contribution in [0.2, 0.25) is 0 Å². The van der Waals surface area contributed by atoms with Gasteiger partial charge in [0, 0.05) is 50.6 Å². The lowest BCUT2D eigenvalue weighted by atomic mass is 10.1. The van der Waals surface area contributed by atoms with Crippen molar-refractivity contribution in [1.82, 2.24) is 24.0 Å². The number of nitrogens with zero attached hydrogens (tertiary/aromatic N) is 5. The van der Waals surface area contributed by atoms with E-state index in [1.165, 1.54) is 24.7 Å². The largest absolute Gasteiger partial charge is 0.337 e. The van der Waals surface area contributed by atoms with Crippen molar-refractivity contribution in [2.24, 2.45) is 14.1 Å². The molecule has 2 aromatic heterocycles. The van der Waals surface area contributed by atoms with E-state index in [9.17, 15) is 14.4 Å². The molecule has 0 bridgehead atoms. The number of carbonyl (C=O) groups excluding carboxylic acids is 1. The van der Waals surface area contributed by atoms with E-state index in [0.29, 0.717) is 13.1 Å². The van der Waals surface area contributed by atoms with Gasteiger partial charge in [0.1, 0.15) is 11.5 Å². The molecule has 2 aromatic rings. The molecule has 1 fully saturated rings. The highest BCUT2D eigenvalue weighted by Crippen LogP contribution is 2.26. The summed E-state index contributed by atoms with van der Waals surface area (Å²) in [5, 5.41) is 0. The van der Waals surface area contributed by atoms with Crippen molar-refractivity contribution in [1.29, 1.82) is 0 Å². The molecular formula is C17H21N5O3. The fraction of sp³-hybridized carbons (Fsp3) is 0.471. The van der Waals surface area contributed by atoms with Crippen LogP contribution in [-0.4, -0.2) is 43.0 Å². The van der Waals surface area contributed by atoms with E-state index in [-0.39, 0.29) is 17.5 Å². The summed E-state index contributed by atoms with van der Waals surface area (Å²) < 4.78 is 2.19. The lowest BCUT2D eigenvalue weighted by Gasteiger charge is -2.18. The van der Waals surface area contributed by atoms with Gasteiger partial charge in [0.2, 0.25) is 0 Å². The van der Waals surface area contributed by atoms with Crippen molar-refractivity contribution in [3.8, 4) is 0 Å². The predicted octanol–water partition coefficient (Wildman–Crippen LogP) is 0.121. The SMILES string of the molecule is Cc1cc(C)nc(C2CCN(C(=O)c3cc(=O)n(C)c(=O)n3C)C2)n1. The van der Waals surface area contributed by atoms with Crippen LogP contribution in [0.4, 0.5) is 0 Å². The Bertz CT molecular complexity index is 939. The quantitative estimate of drug-likeness (QED) is 0.773. The lowest BCUT2D eigenvalue weighted by molar-refractivity contribution is 0.0778. The van der Waals surface area contributed by atoms with E-state index in [1.54, 1.807) is 4.90 Å². The molecular weight excluding hydrogens is 322 g/mol. The first-order valence-electron chi connectivity index (χ1n) is 8.16. The second-order valence-electron chi connectivity index (χ2n) is 6.51. The molecule has 0 saturated carbocycles. The third-order valence-corrected chi connectivity index (χ3v) is 4.59. The Kier molecular flexibility index (Phi) is 4.28. The maximum atomic E-state index is 12.8. The highest BCUT2D eigenvalue weighted by atomic mass is 16.2. The van der Waals surface area contributed by atoms with Crippen LogP contribution in [-0.2, 0) is 14.1 Å². The fourth-order valence-corrected chi connectivity index (χ4v) is 3.19. The number of carbonyl (C=O) groups is 1. The molecule has 1 saturated heterocycles. The van der Waals surface area contributed by atoms with E-state index < -0.39 is 11.2 Å². The lowest BCUT2D eigenvalue weighted by Crippen LogP contribution is -2.42. The summed E-state index contributed by atoms with van der Waals surface area (Å²) in [6.07, 6.45) is 0.757. The minimum Gasteiger partial charge on any atom is -0.337 e. The van der Waals surface area contributed by atoms with Gasteiger partial charge in [-0.05, 0) is 26.3 Å². The molecule has 3 heterocycles. The molecule has 8 heteroatoms. The first-order chi connectivity index (χ1) is 11.8. The van der Waals surface area contributed by atoms with E-state index in [1.807, 2.05) is 19.9 Å². The number of aromatic nitrogens is 4. The normalized spacial score (nSPS) is 17.1. The first kappa shape index (κ1) is 17.1. The van der Waals surface area contributed by atoms with Crippen LogP contribution in [0.3, 0.4) is 0 Å². The Labute approximate surface area is 144 Å². The first-order valence-corrected chi connectivity index (χ1v) is 8.16. The van der Waals surface area contributed by atoms with Crippen molar-refractivity contribution in [3.63, 3.8) is 0 Å². The van der Waals surface area contributed by atoms with Gasteiger partial charge in [-0.3, -0.25) is 18.7 Å². The molecule has 0 aromatic carbocycles. The third kappa shape index (κ3) is 3.11. The van der Waals surface area contributed by atoms with Crippen molar-refractivity contribution >= 4 is 5.91 Å². The van der Waals surface area contributed by atoms with Crippen molar-refractivity contribution in [2.45, 2.75) is 26.2 Å².